The summed E-state index contributed by atoms with van der Waals surface area (Å²) in [5, 5.41) is 0. The largest absolute Gasteiger partial charge is 0.466 e. The summed E-state index contributed by atoms with van der Waals surface area (Å²) < 4.78 is 10.0. The SMILES string of the molecule is CCOC(=O)CCCN(CCCC(=O)OCC)[C@@H](C)Cc1ccccc1. The quantitative estimate of drug-likeness (QED) is 0.501. The van der Waals surface area contributed by atoms with Gasteiger partial charge in [-0.25, -0.2) is 0 Å². The van der Waals surface area contributed by atoms with Crippen molar-refractivity contribution in [2.45, 2.75) is 58.9 Å². The topological polar surface area (TPSA) is 55.8 Å². The lowest BCUT2D eigenvalue weighted by atomic mass is 10.1. The fourth-order valence-electron chi connectivity index (χ4n) is 2.96. The molecule has 5 heteroatoms. The monoisotopic (exact) mass is 363 g/mol. The molecule has 1 rings (SSSR count). The molecule has 0 aliphatic carbocycles. The summed E-state index contributed by atoms with van der Waals surface area (Å²) in [5.74, 6) is -0.288. The average Bonchev–Trinajstić information content (AvgIpc) is 2.61. The van der Waals surface area contributed by atoms with E-state index in [0.29, 0.717) is 32.1 Å². The zero-order chi connectivity index (χ0) is 19.2. The van der Waals surface area contributed by atoms with Gasteiger partial charge in [0.1, 0.15) is 0 Å². The zero-order valence-electron chi connectivity index (χ0n) is 16.4. The Labute approximate surface area is 157 Å². The summed E-state index contributed by atoms with van der Waals surface area (Å²) in [6, 6.07) is 10.7. The Morgan fingerprint density at radius 3 is 1.88 bits per heavy atom. The van der Waals surface area contributed by atoms with Gasteiger partial charge in [-0.05, 0) is 58.7 Å². The number of carbonyl (C=O) groups is 2. The molecule has 0 aliphatic heterocycles. The van der Waals surface area contributed by atoms with E-state index in [2.05, 4.69) is 24.0 Å². The Kier molecular flexibility index (Phi) is 11.4. The van der Waals surface area contributed by atoms with E-state index in [-0.39, 0.29) is 11.9 Å². The lowest BCUT2D eigenvalue weighted by Crippen LogP contribution is -2.36. The van der Waals surface area contributed by atoms with E-state index < -0.39 is 0 Å². The second-order valence-corrected chi connectivity index (χ2v) is 6.39. The number of hydrogen-bond donors (Lipinski definition) is 0. The molecular weight excluding hydrogens is 330 g/mol. The predicted octanol–water partition coefficient (Wildman–Crippen LogP) is 3.61. The van der Waals surface area contributed by atoms with Crippen molar-refractivity contribution in [3.8, 4) is 0 Å². The van der Waals surface area contributed by atoms with Gasteiger partial charge in [0.15, 0.2) is 0 Å². The summed E-state index contributed by atoms with van der Waals surface area (Å²) in [6.07, 6.45) is 3.33. The van der Waals surface area contributed by atoms with E-state index in [1.54, 1.807) is 0 Å². The highest BCUT2D eigenvalue weighted by Gasteiger charge is 2.16. The molecule has 0 saturated heterocycles. The van der Waals surface area contributed by atoms with Gasteiger partial charge >= 0.3 is 11.9 Å². The van der Waals surface area contributed by atoms with Crippen molar-refractivity contribution in [2.24, 2.45) is 0 Å². The van der Waals surface area contributed by atoms with Crippen LogP contribution >= 0.6 is 0 Å². The highest BCUT2D eigenvalue weighted by molar-refractivity contribution is 5.69. The van der Waals surface area contributed by atoms with Crippen LogP contribution in [-0.4, -0.2) is 49.2 Å². The molecule has 0 heterocycles. The Hall–Kier alpha value is -1.88. The first-order valence-corrected chi connectivity index (χ1v) is 9.66. The van der Waals surface area contributed by atoms with Crippen molar-refractivity contribution in [2.75, 3.05) is 26.3 Å². The van der Waals surface area contributed by atoms with E-state index >= 15 is 0 Å². The van der Waals surface area contributed by atoms with Gasteiger partial charge < -0.3 is 14.4 Å². The average molecular weight is 363 g/mol. The first-order chi connectivity index (χ1) is 12.6. The minimum absolute atomic E-state index is 0.144. The van der Waals surface area contributed by atoms with Crippen LogP contribution in [0, 0.1) is 0 Å². The number of rotatable bonds is 13. The van der Waals surface area contributed by atoms with Gasteiger partial charge in [-0.2, -0.15) is 0 Å². The number of benzene rings is 1. The number of ether oxygens (including phenoxy) is 2. The molecule has 0 saturated carbocycles. The minimum atomic E-state index is -0.144. The summed E-state index contributed by atoms with van der Waals surface area (Å²) in [5.41, 5.74) is 1.29. The molecule has 0 spiro atoms. The number of nitrogens with zero attached hydrogens (tertiary/aromatic N) is 1. The van der Waals surface area contributed by atoms with Crippen molar-refractivity contribution < 1.29 is 19.1 Å². The van der Waals surface area contributed by atoms with Crippen molar-refractivity contribution in [3.05, 3.63) is 35.9 Å². The van der Waals surface area contributed by atoms with Crippen LogP contribution in [-0.2, 0) is 25.5 Å². The molecule has 0 N–H and O–H groups in total. The van der Waals surface area contributed by atoms with Crippen LogP contribution in [0.1, 0.15) is 52.0 Å². The van der Waals surface area contributed by atoms with Crippen molar-refractivity contribution in [3.63, 3.8) is 0 Å². The van der Waals surface area contributed by atoms with Gasteiger partial charge in [0.2, 0.25) is 0 Å². The molecule has 0 amide bonds. The highest BCUT2D eigenvalue weighted by Crippen LogP contribution is 2.12. The molecular formula is C21H33NO4. The summed E-state index contributed by atoms with van der Waals surface area (Å²) in [4.78, 5) is 25.5. The first kappa shape index (κ1) is 22.2. The summed E-state index contributed by atoms with van der Waals surface area (Å²) >= 11 is 0. The van der Waals surface area contributed by atoms with Crippen LogP contribution in [0.25, 0.3) is 0 Å². The molecule has 0 aliphatic rings. The molecule has 146 valence electrons. The maximum atomic E-state index is 11.6. The van der Waals surface area contributed by atoms with Gasteiger partial charge in [-0.3, -0.25) is 9.59 Å². The predicted molar refractivity (Wildman–Crippen MR) is 103 cm³/mol. The fraction of sp³-hybridized carbons (Fsp3) is 0.619. The molecule has 0 unspecified atom stereocenters. The molecule has 1 atom stereocenters. The van der Waals surface area contributed by atoms with E-state index in [1.807, 2.05) is 32.0 Å². The van der Waals surface area contributed by atoms with E-state index in [9.17, 15) is 9.59 Å². The third-order valence-corrected chi connectivity index (χ3v) is 4.26. The highest BCUT2D eigenvalue weighted by atomic mass is 16.5. The Bertz CT molecular complexity index is 494. The lowest BCUT2D eigenvalue weighted by molar-refractivity contribution is -0.144. The molecule has 0 radical (unpaired) electrons. The van der Waals surface area contributed by atoms with E-state index in [0.717, 1.165) is 32.4 Å². The number of esters is 2. The van der Waals surface area contributed by atoms with Gasteiger partial charge in [-0.1, -0.05) is 30.3 Å². The van der Waals surface area contributed by atoms with Crippen molar-refractivity contribution >= 4 is 11.9 Å². The molecule has 26 heavy (non-hydrogen) atoms. The Morgan fingerprint density at radius 2 is 1.42 bits per heavy atom. The van der Waals surface area contributed by atoms with Crippen molar-refractivity contribution in [1.29, 1.82) is 0 Å². The maximum Gasteiger partial charge on any atom is 0.305 e. The molecule has 5 nitrogen and oxygen atoms in total. The summed E-state index contributed by atoms with van der Waals surface area (Å²) in [6.45, 7) is 8.31. The van der Waals surface area contributed by atoms with Crippen LogP contribution in [0.5, 0.6) is 0 Å². The summed E-state index contributed by atoms with van der Waals surface area (Å²) in [7, 11) is 0. The molecule has 1 aromatic carbocycles. The van der Waals surface area contributed by atoms with Gasteiger partial charge in [0.25, 0.3) is 0 Å². The van der Waals surface area contributed by atoms with Gasteiger partial charge in [0.05, 0.1) is 13.2 Å². The number of hydrogen-bond acceptors (Lipinski definition) is 5. The third kappa shape index (κ3) is 9.56. The second-order valence-electron chi connectivity index (χ2n) is 6.39. The first-order valence-electron chi connectivity index (χ1n) is 9.66. The Balaban J connectivity index is 2.52. The molecule has 0 fully saturated rings. The molecule has 0 aromatic heterocycles. The van der Waals surface area contributed by atoms with Crippen LogP contribution in [0.15, 0.2) is 30.3 Å². The van der Waals surface area contributed by atoms with Crippen LogP contribution < -0.4 is 0 Å². The second kappa shape index (κ2) is 13.3. The smallest absolute Gasteiger partial charge is 0.305 e. The minimum Gasteiger partial charge on any atom is -0.466 e. The Morgan fingerprint density at radius 1 is 0.923 bits per heavy atom. The van der Waals surface area contributed by atoms with E-state index in [1.165, 1.54) is 5.56 Å². The number of carbonyl (C=O) groups excluding carboxylic acids is 2. The molecule has 0 bridgehead atoms. The normalized spacial score (nSPS) is 12.0. The zero-order valence-corrected chi connectivity index (χ0v) is 16.4. The standard InChI is InChI=1S/C21H33NO4/c1-4-25-20(23)13-9-15-22(16-10-14-21(24)26-5-2)18(3)17-19-11-7-6-8-12-19/h6-8,11-12,18H,4-5,9-10,13-17H2,1-3H3/t18-/m0/s1. The van der Waals surface area contributed by atoms with Crippen LogP contribution in [0.3, 0.4) is 0 Å². The van der Waals surface area contributed by atoms with Crippen molar-refractivity contribution in [1.82, 2.24) is 4.90 Å². The maximum absolute atomic E-state index is 11.6. The van der Waals surface area contributed by atoms with Gasteiger partial charge in [-0.15, -0.1) is 0 Å². The van der Waals surface area contributed by atoms with Gasteiger partial charge in [0, 0.05) is 18.9 Å². The molecule has 1 aromatic rings. The lowest BCUT2D eigenvalue weighted by Gasteiger charge is -2.29. The van der Waals surface area contributed by atoms with E-state index in [4.69, 9.17) is 9.47 Å². The third-order valence-electron chi connectivity index (χ3n) is 4.26. The van der Waals surface area contributed by atoms with Crippen LogP contribution in [0.2, 0.25) is 0 Å². The van der Waals surface area contributed by atoms with Crippen LogP contribution in [0.4, 0.5) is 0 Å². The fourth-order valence-corrected chi connectivity index (χ4v) is 2.96.